The quantitative estimate of drug-likeness (QED) is 0.630. The molecule has 0 heterocycles. The summed E-state index contributed by atoms with van der Waals surface area (Å²) in [5.41, 5.74) is -1.47. The molecule has 2 N–H and O–H groups in total. The molecular weight excluding hydrogens is 332 g/mol. The number of amides is 1. The molecule has 0 aliphatic heterocycles. The van der Waals surface area contributed by atoms with Crippen molar-refractivity contribution in [3.8, 4) is 0 Å². The lowest BCUT2D eigenvalue weighted by molar-refractivity contribution is -0.384. The minimum absolute atomic E-state index is 0.0318. The van der Waals surface area contributed by atoms with Gasteiger partial charge in [0.15, 0.2) is 0 Å². The van der Waals surface area contributed by atoms with Crippen LogP contribution in [0.15, 0.2) is 22.7 Å². The lowest BCUT2D eigenvalue weighted by atomic mass is 9.89. The molecule has 0 atom stereocenters. The lowest BCUT2D eigenvalue weighted by Crippen LogP contribution is -2.29. The van der Waals surface area contributed by atoms with Crippen molar-refractivity contribution in [3.05, 3.63) is 32.8 Å². The summed E-state index contributed by atoms with van der Waals surface area (Å²) in [5, 5.41) is 22.2. The predicted octanol–water partition coefficient (Wildman–Crippen LogP) is 2.80. The number of carbonyl (C=O) groups is 2. The van der Waals surface area contributed by atoms with Gasteiger partial charge in [-0.2, -0.15) is 0 Å². The molecule has 0 saturated heterocycles. The van der Waals surface area contributed by atoms with E-state index in [2.05, 4.69) is 21.2 Å². The van der Waals surface area contributed by atoms with Crippen molar-refractivity contribution in [1.29, 1.82) is 0 Å². The van der Waals surface area contributed by atoms with Gasteiger partial charge in [-0.05, 0) is 26.0 Å². The van der Waals surface area contributed by atoms with E-state index >= 15 is 0 Å². The molecule has 1 aromatic carbocycles. The second-order valence-corrected chi connectivity index (χ2v) is 5.75. The summed E-state index contributed by atoms with van der Waals surface area (Å²) >= 11 is 3.10. The van der Waals surface area contributed by atoms with Crippen LogP contribution >= 0.6 is 15.9 Å². The molecule has 0 bridgehead atoms. The Bertz CT molecular complexity index is 571. The Morgan fingerprint density at radius 3 is 2.55 bits per heavy atom. The van der Waals surface area contributed by atoms with Crippen LogP contribution in [-0.4, -0.2) is 21.9 Å². The van der Waals surface area contributed by atoms with E-state index in [0.717, 1.165) is 0 Å². The van der Waals surface area contributed by atoms with Gasteiger partial charge in [-0.1, -0.05) is 15.9 Å². The topological polar surface area (TPSA) is 110 Å². The number of carbonyl (C=O) groups excluding carboxylic acids is 1. The molecule has 1 amide bonds. The molecule has 0 saturated carbocycles. The Hall–Kier alpha value is -1.96. The third-order valence-corrected chi connectivity index (χ3v) is 3.11. The van der Waals surface area contributed by atoms with E-state index in [4.69, 9.17) is 5.11 Å². The van der Waals surface area contributed by atoms with E-state index in [9.17, 15) is 19.7 Å². The summed E-state index contributed by atoms with van der Waals surface area (Å²) < 4.78 is 0.507. The SMILES string of the molecule is CC(C)(CC(=O)Nc1ccc(Br)cc1[N+](=O)[O-])C(=O)O. The van der Waals surface area contributed by atoms with Gasteiger partial charge in [0.25, 0.3) is 5.69 Å². The molecule has 0 fully saturated rings. The third-order valence-electron chi connectivity index (χ3n) is 2.61. The molecule has 0 aromatic heterocycles. The summed E-state index contributed by atoms with van der Waals surface area (Å²) in [6.07, 6.45) is -0.282. The Labute approximate surface area is 123 Å². The zero-order chi connectivity index (χ0) is 15.5. The lowest BCUT2D eigenvalue weighted by Gasteiger charge is -2.18. The number of aliphatic carboxylic acids is 1. The smallest absolute Gasteiger partial charge is 0.309 e. The van der Waals surface area contributed by atoms with E-state index in [1.54, 1.807) is 6.07 Å². The molecule has 7 nitrogen and oxygen atoms in total. The van der Waals surface area contributed by atoms with E-state index in [-0.39, 0.29) is 17.8 Å². The van der Waals surface area contributed by atoms with Crippen molar-refractivity contribution in [2.75, 3.05) is 5.32 Å². The zero-order valence-electron chi connectivity index (χ0n) is 10.8. The molecular formula is C12H13BrN2O5. The number of halogens is 1. The normalized spacial score (nSPS) is 10.9. The number of hydrogen-bond acceptors (Lipinski definition) is 4. The fourth-order valence-corrected chi connectivity index (χ4v) is 1.78. The van der Waals surface area contributed by atoms with E-state index < -0.39 is 22.2 Å². The molecule has 0 spiro atoms. The molecule has 0 aliphatic carbocycles. The van der Waals surface area contributed by atoms with Gasteiger partial charge in [0.2, 0.25) is 5.91 Å². The maximum absolute atomic E-state index is 11.8. The van der Waals surface area contributed by atoms with E-state index in [1.807, 2.05) is 0 Å². The van der Waals surface area contributed by atoms with Crippen LogP contribution < -0.4 is 5.32 Å². The fourth-order valence-electron chi connectivity index (χ4n) is 1.43. The summed E-state index contributed by atoms with van der Waals surface area (Å²) in [6.45, 7) is 2.82. The number of carboxylic acid groups (broad SMARTS) is 1. The average Bonchev–Trinajstić information content (AvgIpc) is 2.30. The van der Waals surface area contributed by atoms with Gasteiger partial charge in [-0.3, -0.25) is 19.7 Å². The summed E-state index contributed by atoms with van der Waals surface area (Å²) in [4.78, 5) is 33.0. The summed E-state index contributed by atoms with van der Waals surface area (Å²) in [7, 11) is 0. The number of benzene rings is 1. The molecule has 0 radical (unpaired) electrons. The Balaban J connectivity index is 2.92. The highest BCUT2D eigenvalue weighted by molar-refractivity contribution is 9.10. The van der Waals surface area contributed by atoms with Gasteiger partial charge in [0.05, 0.1) is 10.3 Å². The largest absolute Gasteiger partial charge is 0.481 e. The summed E-state index contributed by atoms with van der Waals surface area (Å²) in [6, 6.07) is 4.19. The second-order valence-electron chi connectivity index (χ2n) is 4.83. The number of hydrogen-bond donors (Lipinski definition) is 2. The van der Waals surface area contributed by atoms with Crippen molar-refractivity contribution in [2.24, 2.45) is 5.41 Å². The predicted molar refractivity (Wildman–Crippen MR) is 75.5 cm³/mol. The first-order valence-corrected chi connectivity index (χ1v) is 6.40. The van der Waals surface area contributed by atoms with Crippen molar-refractivity contribution >= 4 is 39.2 Å². The zero-order valence-corrected chi connectivity index (χ0v) is 12.4. The van der Waals surface area contributed by atoms with Crippen LogP contribution in [0.5, 0.6) is 0 Å². The second kappa shape index (κ2) is 6.00. The number of nitro groups is 1. The van der Waals surface area contributed by atoms with Gasteiger partial charge in [-0.25, -0.2) is 0 Å². The van der Waals surface area contributed by atoms with E-state index in [1.165, 1.54) is 26.0 Å². The average molecular weight is 345 g/mol. The van der Waals surface area contributed by atoms with Gasteiger partial charge in [0, 0.05) is 17.0 Å². The highest BCUT2D eigenvalue weighted by Crippen LogP contribution is 2.29. The van der Waals surface area contributed by atoms with Crippen LogP contribution in [0, 0.1) is 15.5 Å². The maximum atomic E-state index is 11.8. The van der Waals surface area contributed by atoms with Gasteiger partial charge < -0.3 is 10.4 Å². The number of nitro benzene ring substituents is 1. The van der Waals surface area contributed by atoms with Gasteiger partial charge in [-0.15, -0.1) is 0 Å². The molecule has 108 valence electrons. The van der Waals surface area contributed by atoms with Crippen molar-refractivity contribution < 1.29 is 19.6 Å². The fraction of sp³-hybridized carbons (Fsp3) is 0.333. The van der Waals surface area contributed by atoms with Crippen LogP contribution in [0.3, 0.4) is 0 Å². The van der Waals surface area contributed by atoms with Crippen LogP contribution in [0.25, 0.3) is 0 Å². The number of nitrogens with one attached hydrogen (secondary N) is 1. The highest BCUT2D eigenvalue weighted by atomic mass is 79.9. The Morgan fingerprint density at radius 1 is 1.45 bits per heavy atom. The minimum Gasteiger partial charge on any atom is -0.481 e. The van der Waals surface area contributed by atoms with E-state index in [0.29, 0.717) is 4.47 Å². The monoisotopic (exact) mass is 344 g/mol. The van der Waals surface area contributed by atoms with Crippen LogP contribution in [-0.2, 0) is 9.59 Å². The van der Waals surface area contributed by atoms with Crippen molar-refractivity contribution in [1.82, 2.24) is 0 Å². The van der Waals surface area contributed by atoms with Gasteiger partial charge in [0.1, 0.15) is 5.69 Å². The first kappa shape index (κ1) is 16.1. The standard InChI is InChI=1S/C12H13BrN2O5/c1-12(2,11(17)18)6-10(16)14-8-4-3-7(13)5-9(8)15(19)20/h3-5H,6H2,1-2H3,(H,14,16)(H,17,18). The number of rotatable bonds is 5. The van der Waals surface area contributed by atoms with Crippen molar-refractivity contribution in [3.63, 3.8) is 0 Å². The van der Waals surface area contributed by atoms with Crippen LogP contribution in [0.1, 0.15) is 20.3 Å². The summed E-state index contributed by atoms with van der Waals surface area (Å²) in [5.74, 6) is -1.71. The van der Waals surface area contributed by atoms with Gasteiger partial charge >= 0.3 is 5.97 Å². The van der Waals surface area contributed by atoms with Crippen LogP contribution in [0.2, 0.25) is 0 Å². The molecule has 0 unspecified atom stereocenters. The number of anilines is 1. The van der Waals surface area contributed by atoms with Crippen molar-refractivity contribution in [2.45, 2.75) is 20.3 Å². The third kappa shape index (κ3) is 4.02. The Kier molecular flexibility index (Phi) is 4.83. The minimum atomic E-state index is -1.24. The maximum Gasteiger partial charge on any atom is 0.309 e. The molecule has 1 aromatic rings. The molecule has 8 heteroatoms. The number of carboxylic acids is 1. The van der Waals surface area contributed by atoms with Crippen LogP contribution in [0.4, 0.5) is 11.4 Å². The molecule has 20 heavy (non-hydrogen) atoms. The molecule has 0 aliphatic rings. The number of nitrogens with zero attached hydrogens (tertiary/aromatic N) is 1. The Morgan fingerprint density at radius 2 is 2.05 bits per heavy atom. The first-order valence-electron chi connectivity index (χ1n) is 5.60. The highest BCUT2D eigenvalue weighted by Gasteiger charge is 2.30. The molecule has 1 rings (SSSR count). The first-order chi connectivity index (χ1) is 9.13.